The van der Waals surface area contributed by atoms with Crippen molar-refractivity contribution in [2.75, 3.05) is 58.3 Å². The lowest BCUT2D eigenvalue weighted by atomic mass is 9.80. The van der Waals surface area contributed by atoms with Crippen molar-refractivity contribution in [3.63, 3.8) is 0 Å². The highest BCUT2D eigenvalue weighted by Crippen LogP contribution is 2.56. The van der Waals surface area contributed by atoms with Gasteiger partial charge in [0.15, 0.2) is 5.54 Å². The van der Waals surface area contributed by atoms with E-state index in [1.54, 1.807) is 43.6 Å². The molecule has 3 aromatic carbocycles. The number of carbonyl (C=O) groups is 1. The largest absolute Gasteiger partial charge is 0.497 e. The molecule has 48 heavy (non-hydrogen) atoms. The molecule has 2 saturated heterocycles. The Morgan fingerprint density at radius 2 is 1.73 bits per heavy atom. The number of anilines is 1. The summed E-state index contributed by atoms with van der Waals surface area (Å²) in [5.41, 5.74) is 0.589. The summed E-state index contributed by atoms with van der Waals surface area (Å²) in [6, 6.07) is 16.5. The third kappa shape index (κ3) is 5.36. The Hall–Kier alpha value is -3.94. The number of rotatable bonds is 9. The van der Waals surface area contributed by atoms with Crippen molar-refractivity contribution in [1.29, 1.82) is 0 Å². The Labute approximate surface area is 285 Å². The van der Waals surface area contributed by atoms with Crippen LogP contribution >= 0.6 is 11.6 Å². The van der Waals surface area contributed by atoms with Gasteiger partial charge in [-0.05, 0) is 74.0 Å². The maximum Gasteiger partial charge on any atom is 0.271 e. The molecule has 0 spiro atoms. The number of hydrogen-bond acceptors (Lipinski definition) is 10. The smallest absolute Gasteiger partial charge is 0.271 e. The number of halogens is 1. The van der Waals surface area contributed by atoms with E-state index in [9.17, 15) is 8.42 Å². The summed E-state index contributed by atoms with van der Waals surface area (Å²) < 4.78 is 47.2. The number of amides is 1. The van der Waals surface area contributed by atoms with Crippen molar-refractivity contribution < 1.29 is 27.1 Å². The number of likely N-dealkylation sites (tertiary alicyclic amines) is 1. The summed E-state index contributed by atoms with van der Waals surface area (Å²) in [6.45, 7) is 4.89. The first-order valence-electron chi connectivity index (χ1n) is 16.0. The van der Waals surface area contributed by atoms with E-state index >= 15 is 4.79 Å². The van der Waals surface area contributed by atoms with E-state index < -0.39 is 27.5 Å². The normalized spacial score (nSPS) is 22.3. The van der Waals surface area contributed by atoms with Crippen LogP contribution in [-0.2, 0) is 26.9 Å². The molecule has 0 radical (unpaired) electrons. The number of carbonyl (C=O) groups excluding carboxylic acids is 1. The van der Waals surface area contributed by atoms with Crippen LogP contribution in [0.25, 0.3) is 0 Å². The topological polar surface area (TPSA) is 109 Å². The molecule has 4 aromatic rings. The third-order valence-corrected chi connectivity index (χ3v) is 11.7. The lowest BCUT2D eigenvalue weighted by Gasteiger charge is -2.41. The molecule has 7 rings (SSSR count). The zero-order valence-corrected chi connectivity index (χ0v) is 28.7. The minimum Gasteiger partial charge on any atom is -0.497 e. The quantitative estimate of drug-likeness (QED) is 0.240. The van der Waals surface area contributed by atoms with Crippen LogP contribution in [0.1, 0.15) is 41.5 Å². The molecular formula is C35H38ClN5O6S. The Morgan fingerprint density at radius 1 is 0.958 bits per heavy atom. The van der Waals surface area contributed by atoms with Gasteiger partial charge in [-0.15, -0.1) is 0 Å². The maximum absolute atomic E-state index is 15.6. The minimum absolute atomic E-state index is 0.0557. The van der Waals surface area contributed by atoms with Crippen molar-refractivity contribution in [2.45, 2.75) is 35.9 Å². The maximum atomic E-state index is 15.6. The first-order chi connectivity index (χ1) is 23.2. The lowest BCUT2D eigenvalue weighted by Crippen LogP contribution is -2.54. The van der Waals surface area contributed by atoms with Crippen LogP contribution in [0.4, 0.5) is 5.69 Å². The number of aromatic nitrogens is 1. The average molecular weight is 692 g/mol. The fraction of sp³-hybridized carbons (Fsp3) is 0.371. The van der Waals surface area contributed by atoms with Gasteiger partial charge in [0, 0.05) is 55.4 Å². The molecule has 13 heteroatoms. The van der Waals surface area contributed by atoms with Crippen molar-refractivity contribution in [3.05, 3.63) is 101 Å². The van der Waals surface area contributed by atoms with Gasteiger partial charge in [0.05, 0.1) is 37.0 Å². The lowest BCUT2D eigenvalue weighted by molar-refractivity contribution is -0.127. The molecule has 1 unspecified atom stereocenters. The molecule has 3 aliphatic heterocycles. The molecule has 2 fully saturated rings. The molecule has 11 nitrogen and oxygen atoms in total. The molecule has 0 aliphatic carbocycles. The van der Waals surface area contributed by atoms with Crippen LogP contribution in [0.5, 0.6) is 11.5 Å². The molecule has 0 bridgehead atoms. The monoisotopic (exact) mass is 691 g/mol. The van der Waals surface area contributed by atoms with Crippen molar-refractivity contribution in [2.24, 2.45) is 0 Å². The van der Waals surface area contributed by atoms with Crippen LogP contribution in [0.15, 0.2) is 82.4 Å². The molecular weight excluding hydrogens is 654 g/mol. The minimum atomic E-state index is -4.43. The predicted octanol–water partition coefficient (Wildman–Crippen LogP) is 4.91. The second-order valence-electron chi connectivity index (χ2n) is 12.5. The number of likely N-dealkylation sites (N-methyl/N-ethyl adjacent to an activating group) is 1. The van der Waals surface area contributed by atoms with Gasteiger partial charge < -0.3 is 18.8 Å². The van der Waals surface area contributed by atoms with Crippen LogP contribution in [-0.4, -0.2) is 88.0 Å². The van der Waals surface area contributed by atoms with Gasteiger partial charge in [-0.2, -0.15) is 0 Å². The van der Waals surface area contributed by atoms with Gasteiger partial charge in [0.1, 0.15) is 17.8 Å². The SMILES string of the molecule is COc1ccc(S(=O)(=O)N2C(=O)C(c3cc(CN4CCN(C)CC4)ccc3OC)(N3CCC[C@H]3c3ncco3)c3ccc(Cl)cc32)cc1. The van der Waals surface area contributed by atoms with Crippen LogP contribution in [0.3, 0.4) is 0 Å². The summed E-state index contributed by atoms with van der Waals surface area (Å²) in [5, 5.41) is 0.300. The van der Waals surface area contributed by atoms with Crippen LogP contribution in [0.2, 0.25) is 5.02 Å². The first kappa shape index (κ1) is 32.6. The highest BCUT2D eigenvalue weighted by molar-refractivity contribution is 7.93. The van der Waals surface area contributed by atoms with E-state index in [-0.39, 0.29) is 10.6 Å². The number of oxazole rings is 1. The van der Waals surface area contributed by atoms with Crippen LogP contribution in [0, 0.1) is 0 Å². The molecule has 1 amide bonds. The molecule has 252 valence electrons. The molecule has 0 saturated carbocycles. The van der Waals surface area contributed by atoms with Crippen molar-refractivity contribution >= 4 is 33.2 Å². The Balaban J connectivity index is 1.46. The first-order valence-corrected chi connectivity index (χ1v) is 17.8. The number of sulfonamides is 1. The number of nitrogens with zero attached hydrogens (tertiary/aromatic N) is 5. The van der Waals surface area contributed by atoms with Crippen LogP contribution < -0.4 is 13.8 Å². The average Bonchev–Trinajstić information content (AvgIpc) is 3.85. The molecule has 0 N–H and O–H groups in total. The van der Waals surface area contributed by atoms with E-state index in [0.717, 1.165) is 42.5 Å². The standard InChI is InChI=1S/C35H38ClN5O6S/c1-38-16-18-39(19-17-38)23-24-6-13-32(46-3)29(21-24)35(40-15-4-5-30(40)33-37-14-20-47-33)28-12-7-25(36)22-31(28)41(34(35)42)48(43,44)27-10-8-26(45-2)9-11-27/h6-14,20-22,30H,4-5,15-19,23H2,1-3H3/t30-,35?/m0/s1. The van der Waals surface area contributed by atoms with E-state index in [4.69, 9.17) is 25.5 Å². The highest BCUT2D eigenvalue weighted by atomic mass is 35.5. The fourth-order valence-corrected chi connectivity index (χ4v) is 8.98. The number of piperazine rings is 1. The van der Waals surface area contributed by atoms with Gasteiger partial charge >= 0.3 is 0 Å². The summed E-state index contributed by atoms with van der Waals surface area (Å²) in [6.07, 6.45) is 4.49. The van der Waals surface area contributed by atoms with Gasteiger partial charge in [-0.1, -0.05) is 23.7 Å². The number of methoxy groups -OCH3 is 2. The molecule has 2 atom stereocenters. The van der Waals surface area contributed by atoms with Gasteiger partial charge in [0.2, 0.25) is 5.89 Å². The van der Waals surface area contributed by atoms with Gasteiger partial charge in [-0.25, -0.2) is 17.7 Å². The molecule has 1 aromatic heterocycles. The Kier molecular flexibility index (Phi) is 8.71. The second-order valence-corrected chi connectivity index (χ2v) is 14.7. The van der Waals surface area contributed by atoms with E-state index in [0.29, 0.717) is 53.0 Å². The summed E-state index contributed by atoms with van der Waals surface area (Å²) in [4.78, 5) is 26.7. The molecule has 4 heterocycles. The predicted molar refractivity (Wildman–Crippen MR) is 181 cm³/mol. The van der Waals surface area contributed by atoms with Gasteiger partial charge in [0.25, 0.3) is 15.9 Å². The van der Waals surface area contributed by atoms with Crippen molar-refractivity contribution in [3.8, 4) is 11.5 Å². The van der Waals surface area contributed by atoms with E-state index in [1.165, 1.54) is 25.5 Å². The number of hydrogen-bond donors (Lipinski definition) is 0. The fourth-order valence-electron chi connectivity index (χ4n) is 7.36. The van der Waals surface area contributed by atoms with Crippen molar-refractivity contribution in [1.82, 2.24) is 19.7 Å². The zero-order valence-electron chi connectivity index (χ0n) is 27.1. The highest BCUT2D eigenvalue weighted by Gasteiger charge is 2.62. The van der Waals surface area contributed by atoms with E-state index in [1.807, 2.05) is 23.1 Å². The van der Waals surface area contributed by atoms with E-state index in [2.05, 4.69) is 21.8 Å². The summed E-state index contributed by atoms with van der Waals surface area (Å²) in [5.74, 6) is 0.767. The summed E-state index contributed by atoms with van der Waals surface area (Å²) in [7, 11) is 0.760. The second kappa shape index (κ2) is 12.8. The number of ether oxygens (including phenoxy) is 2. The molecule has 3 aliphatic rings. The Bertz CT molecular complexity index is 1910. The summed E-state index contributed by atoms with van der Waals surface area (Å²) >= 11 is 6.56. The number of benzene rings is 3. The third-order valence-electron chi connectivity index (χ3n) is 9.74. The number of fused-ring (bicyclic) bond motifs is 1. The Morgan fingerprint density at radius 3 is 2.42 bits per heavy atom. The van der Waals surface area contributed by atoms with Gasteiger partial charge in [-0.3, -0.25) is 14.6 Å². The zero-order chi connectivity index (χ0) is 33.6.